The third-order valence-corrected chi connectivity index (χ3v) is 12.0. The number of rotatable bonds is 47. The molecule has 0 radical (unpaired) electrons. The van der Waals surface area contributed by atoms with Crippen LogP contribution in [0.2, 0.25) is 0 Å². The quantitative estimate of drug-likeness (QED) is 0.0322. The smallest absolute Gasteiger partial charge is 0.306 e. The van der Waals surface area contributed by atoms with Gasteiger partial charge in [0.1, 0.15) is 6.10 Å². The molecule has 0 aromatic heterocycles. The highest BCUT2D eigenvalue weighted by Gasteiger charge is 2.24. The number of nitrogens with one attached hydrogen (secondary N) is 1. The van der Waals surface area contributed by atoms with Gasteiger partial charge in [-0.1, -0.05) is 238 Å². The minimum absolute atomic E-state index is 0.0800. The average molecular weight is 832 g/mol. The summed E-state index contributed by atoms with van der Waals surface area (Å²) < 4.78 is 5.94. The second kappa shape index (κ2) is 47.4. The van der Waals surface area contributed by atoms with Gasteiger partial charge >= 0.3 is 5.97 Å². The van der Waals surface area contributed by atoms with Gasteiger partial charge in [-0.15, -0.1) is 0 Å². The van der Waals surface area contributed by atoms with E-state index in [2.05, 4.69) is 50.4 Å². The highest BCUT2D eigenvalue weighted by atomic mass is 16.5. The first kappa shape index (κ1) is 57.3. The molecule has 0 aromatic rings. The largest absolute Gasteiger partial charge is 0.462 e. The number of carbonyl (C=O) groups is 2. The van der Waals surface area contributed by atoms with Crippen molar-refractivity contribution in [3.63, 3.8) is 0 Å². The summed E-state index contributed by atoms with van der Waals surface area (Å²) in [6.07, 6.45) is 53.8. The van der Waals surface area contributed by atoms with E-state index in [1.54, 1.807) is 0 Å². The summed E-state index contributed by atoms with van der Waals surface area (Å²) in [5.41, 5.74) is 0. The Morgan fingerprint density at radius 2 is 0.915 bits per heavy atom. The zero-order chi connectivity index (χ0) is 43.1. The maximum absolute atomic E-state index is 13.2. The Balaban J connectivity index is 4.55. The maximum atomic E-state index is 13.2. The van der Waals surface area contributed by atoms with Crippen LogP contribution >= 0.6 is 0 Å². The fraction of sp³-hybridized carbons (Fsp3) is 0.887. The van der Waals surface area contributed by atoms with Gasteiger partial charge in [0.05, 0.1) is 25.2 Å². The molecule has 1 amide bonds. The first-order valence-corrected chi connectivity index (χ1v) is 26.1. The Bertz CT molecular complexity index is 935. The van der Waals surface area contributed by atoms with Gasteiger partial charge in [-0.3, -0.25) is 9.59 Å². The number of aliphatic hydroxyl groups is 2. The van der Waals surface area contributed by atoms with E-state index in [1.807, 2.05) is 0 Å². The molecule has 59 heavy (non-hydrogen) atoms. The van der Waals surface area contributed by atoms with Crippen molar-refractivity contribution < 1.29 is 24.5 Å². The minimum atomic E-state index is -0.783. The Labute approximate surface area is 367 Å². The maximum Gasteiger partial charge on any atom is 0.306 e. The number of aliphatic hydroxyl groups excluding tert-OH is 2. The lowest BCUT2D eigenvalue weighted by Crippen LogP contribution is -2.46. The van der Waals surface area contributed by atoms with Crippen LogP contribution in [0, 0.1) is 0 Å². The molecule has 0 saturated carbocycles. The monoisotopic (exact) mass is 832 g/mol. The molecule has 0 aliphatic rings. The molecule has 6 heteroatoms. The van der Waals surface area contributed by atoms with Gasteiger partial charge in [-0.25, -0.2) is 0 Å². The molecule has 0 heterocycles. The molecule has 0 rings (SSSR count). The van der Waals surface area contributed by atoms with Crippen LogP contribution in [-0.4, -0.2) is 46.9 Å². The summed E-state index contributed by atoms with van der Waals surface area (Å²) in [5.74, 6) is -0.468. The third-order valence-electron chi connectivity index (χ3n) is 12.0. The van der Waals surface area contributed by atoms with Crippen LogP contribution < -0.4 is 5.32 Å². The molecule has 3 unspecified atom stereocenters. The zero-order valence-corrected chi connectivity index (χ0v) is 39.7. The summed E-state index contributed by atoms with van der Waals surface area (Å²) in [4.78, 5) is 26.1. The fourth-order valence-electron chi connectivity index (χ4n) is 8.12. The molecule has 0 aliphatic heterocycles. The van der Waals surface area contributed by atoms with Gasteiger partial charge in [0, 0.05) is 6.42 Å². The summed E-state index contributed by atoms with van der Waals surface area (Å²) in [6.45, 7) is 6.39. The van der Waals surface area contributed by atoms with Crippen molar-refractivity contribution in [2.45, 2.75) is 296 Å². The van der Waals surface area contributed by atoms with E-state index in [1.165, 1.54) is 167 Å². The summed E-state index contributed by atoms with van der Waals surface area (Å²) in [6, 6.07) is -0.697. The van der Waals surface area contributed by atoms with Crippen molar-refractivity contribution in [1.82, 2.24) is 5.32 Å². The lowest BCUT2D eigenvalue weighted by atomic mass is 10.0. The molecule has 3 atom stereocenters. The molecule has 3 N–H and O–H groups in total. The van der Waals surface area contributed by atoms with Crippen LogP contribution in [-0.2, 0) is 14.3 Å². The molecule has 0 saturated heterocycles. The second-order valence-corrected chi connectivity index (χ2v) is 17.9. The molecule has 0 aliphatic carbocycles. The van der Waals surface area contributed by atoms with Gasteiger partial charge in [0.2, 0.25) is 5.91 Å². The number of hydrogen-bond donors (Lipinski definition) is 3. The number of carbonyl (C=O) groups excluding carboxylic acids is 2. The van der Waals surface area contributed by atoms with Gasteiger partial charge < -0.3 is 20.3 Å². The van der Waals surface area contributed by atoms with E-state index in [-0.39, 0.29) is 24.9 Å². The van der Waals surface area contributed by atoms with Crippen molar-refractivity contribution in [3.8, 4) is 0 Å². The SMILES string of the molecule is CC/C=C/C/C=C/CCCCCCCCCC(=O)OC(CCCCCCCCCCCCCCCCC)CC(=O)NC(CO)C(O)CCCCCCCCCCCCC. The number of ether oxygens (including phenoxy) is 1. The lowest BCUT2D eigenvalue weighted by Gasteiger charge is -2.24. The number of esters is 1. The summed E-state index contributed by atoms with van der Waals surface area (Å²) in [5, 5.41) is 23.7. The number of amides is 1. The Kier molecular flexibility index (Phi) is 46.1. The number of hydrogen-bond acceptors (Lipinski definition) is 5. The van der Waals surface area contributed by atoms with Crippen LogP contribution in [0.15, 0.2) is 24.3 Å². The van der Waals surface area contributed by atoms with Crippen molar-refractivity contribution >= 4 is 11.9 Å². The summed E-state index contributed by atoms with van der Waals surface area (Å²) in [7, 11) is 0. The van der Waals surface area contributed by atoms with E-state index >= 15 is 0 Å². The van der Waals surface area contributed by atoms with E-state index < -0.39 is 18.2 Å². The predicted octanol–water partition coefficient (Wildman–Crippen LogP) is 15.5. The lowest BCUT2D eigenvalue weighted by molar-refractivity contribution is -0.151. The van der Waals surface area contributed by atoms with Crippen molar-refractivity contribution in [2.24, 2.45) is 0 Å². The summed E-state index contributed by atoms with van der Waals surface area (Å²) >= 11 is 0. The highest BCUT2D eigenvalue weighted by molar-refractivity contribution is 5.77. The van der Waals surface area contributed by atoms with Crippen LogP contribution in [0.25, 0.3) is 0 Å². The molecule has 6 nitrogen and oxygen atoms in total. The van der Waals surface area contributed by atoms with E-state index in [0.29, 0.717) is 19.3 Å². The van der Waals surface area contributed by atoms with Gasteiger partial charge in [-0.2, -0.15) is 0 Å². The number of unbranched alkanes of at least 4 members (excludes halogenated alkanes) is 31. The Morgan fingerprint density at radius 3 is 1.37 bits per heavy atom. The minimum Gasteiger partial charge on any atom is -0.462 e. The van der Waals surface area contributed by atoms with Gasteiger partial charge in [0.15, 0.2) is 0 Å². The van der Waals surface area contributed by atoms with E-state index in [9.17, 15) is 19.8 Å². The second-order valence-electron chi connectivity index (χ2n) is 17.9. The molecule has 0 aromatic carbocycles. The third kappa shape index (κ3) is 42.8. The standard InChI is InChI=1S/C53H101NO5/c1-4-7-10-13-16-19-22-24-26-27-30-32-35-38-41-44-49(59-53(58)46-43-40-37-34-31-28-25-23-20-17-14-11-8-5-2)47-52(57)54-50(48-55)51(56)45-42-39-36-33-29-21-18-15-12-9-6-3/h8,11,17,20,49-51,55-56H,4-7,9-10,12-16,18-19,21-48H2,1-3H3,(H,54,57)/b11-8+,20-17+. The zero-order valence-electron chi connectivity index (χ0n) is 39.7. The van der Waals surface area contributed by atoms with E-state index in [0.717, 1.165) is 64.2 Å². The van der Waals surface area contributed by atoms with Crippen LogP contribution in [0.3, 0.4) is 0 Å². The highest BCUT2D eigenvalue weighted by Crippen LogP contribution is 2.18. The molecular weight excluding hydrogens is 731 g/mol. The van der Waals surface area contributed by atoms with Gasteiger partial charge in [-0.05, 0) is 51.4 Å². The van der Waals surface area contributed by atoms with Crippen molar-refractivity contribution in [1.29, 1.82) is 0 Å². The van der Waals surface area contributed by atoms with Crippen LogP contribution in [0.1, 0.15) is 278 Å². The molecule has 348 valence electrons. The predicted molar refractivity (Wildman–Crippen MR) is 255 cm³/mol. The topological polar surface area (TPSA) is 95.9 Å². The molecule has 0 bridgehead atoms. The van der Waals surface area contributed by atoms with Crippen LogP contribution in [0.4, 0.5) is 0 Å². The molecular formula is C53H101NO5. The Morgan fingerprint density at radius 1 is 0.508 bits per heavy atom. The normalized spacial score (nSPS) is 13.4. The number of allylic oxidation sites excluding steroid dienone is 4. The molecule has 0 fully saturated rings. The fourth-order valence-corrected chi connectivity index (χ4v) is 8.12. The Hall–Kier alpha value is -1.66. The molecule has 0 spiro atoms. The first-order valence-electron chi connectivity index (χ1n) is 26.1. The van der Waals surface area contributed by atoms with Crippen LogP contribution in [0.5, 0.6) is 0 Å². The van der Waals surface area contributed by atoms with E-state index in [4.69, 9.17) is 4.74 Å². The van der Waals surface area contributed by atoms with Gasteiger partial charge in [0.25, 0.3) is 0 Å². The first-order chi connectivity index (χ1) is 29.0. The average Bonchev–Trinajstić information content (AvgIpc) is 3.23. The van der Waals surface area contributed by atoms with Crippen molar-refractivity contribution in [3.05, 3.63) is 24.3 Å². The van der Waals surface area contributed by atoms with Crippen molar-refractivity contribution in [2.75, 3.05) is 6.61 Å².